The summed E-state index contributed by atoms with van der Waals surface area (Å²) in [6, 6.07) is 9.07. The number of halogens is 3. The topological polar surface area (TPSA) is 53.0 Å². The summed E-state index contributed by atoms with van der Waals surface area (Å²) in [5.74, 6) is -1.15. The first-order valence-electron chi connectivity index (χ1n) is 11.4. The van der Waals surface area contributed by atoms with Crippen molar-refractivity contribution >= 4 is 29.1 Å². The molecule has 1 saturated heterocycles. The normalized spacial score (nSPS) is 20.6. The number of nitroso groups, excluding NO2 is 1. The number of nitrogens with zero attached hydrogens (tertiary/aromatic N) is 3. The molecular formula is C25H28Cl2FN3O2. The lowest BCUT2D eigenvalue weighted by atomic mass is 9.97. The molecule has 0 spiro atoms. The van der Waals surface area contributed by atoms with E-state index in [2.05, 4.69) is 28.8 Å². The summed E-state index contributed by atoms with van der Waals surface area (Å²) in [6.45, 7) is 7.49. The van der Waals surface area contributed by atoms with Gasteiger partial charge in [-0.2, -0.15) is 0 Å². The number of benzene rings is 2. The molecule has 0 unspecified atom stereocenters. The van der Waals surface area contributed by atoms with Crippen molar-refractivity contribution < 1.29 is 9.18 Å². The molecule has 2 aromatic rings. The number of carbonyl (C=O) groups is 1. The number of rotatable bonds is 7. The Bertz CT molecular complexity index is 1040. The first-order chi connectivity index (χ1) is 15.7. The van der Waals surface area contributed by atoms with Crippen LogP contribution in [0.2, 0.25) is 10.0 Å². The van der Waals surface area contributed by atoms with Gasteiger partial charge in [0, 0.05) is 53.5 Å². The summed E-state index contributed by atoms with van der Waals surface area (Å²) in [5, 5.41) is 3.67. The SMILES string of the molecule is C[C@@H]1CN(Cc2cc(F)c(C(=O)N=O)cc2CC2CC2)CCN1[C@H](C)c1cc(Cl)cc(Cl)c1. The highest BCUT2D eigenvalue weighted by Crippen LogP contribution is 2.35. The Kier molecular flexibility index (Phi) is 7.49. The van der Waals surface area contributed by atoms with E-state index in [1.54, 1.807) is 6.07 Å². The van der Waals surface area contributed by atoms with Crippen LogP contribution in [0.15, 0.2) is 35.5 Å². The number of piperazine rings is 1. The molecule has 1 amide bonds. The predicted molar refractivity (Wildman–Crippen MR) is 129 cm³/mol. The van der Waals surface area contributed by atoms with E-state index >= 15 is 0 Å². The average molecular weight is 492 g/mol. The Morgan fingerprint density at radius 2 is 1.82 bits per heavy atom. The van der Waals surface area contributed by atoms with E-state index in [1.807, 2.05) is 12.1 Å². The molecule has 0 bridgehead atoms. The van der Waals surface area contributed by atoms with Crippen LogP contribution in [-0.4, -0.2) is 41.4 Å². The molecule has 5 nitrogen and oxygen atoms in total. The minimum Gasteiger partial charge on any atom is -0.296 e. The van der Waals surface area contributed by atoms with Crippen molar-refractivity contribution in [2.24, 2.45) is 11.1 Å². The first-order valence-corrected chi connectivity index (χ1v) is 12.1. The second-order valence-electron chi connectivity index (χ2n) is 9.35. The van der Waals surface area contributed by atoms with Crippen LogP contribution in [0, 0.1) is 16.6 Å². The maximum Gasteiger partial charge on any atom is 0.319 e. The van der Waals surface area contributed by atoms with Crippen LogP contribution < -0.4 is 0 Å². The van der Waals surface area contributed by atoms with Gasteiger partial charge in [0.05, 0.1) is 5.56 Å². The number of carbonyl (C=O) groups excluding carboxylic acids is 1. The fourth-order valence-corrected chi connectivity index (χ4v) is 5.40. The molecule has 0 N–H and O–H groups in total. The van der Waals surface area contributed by atoms with Gasteiger partial charge in [0.25, 0.3) is 0 Å². The van der Waals surface area contributed by atoms with Crippen LogP contribution in [0.1, 0.15) is 59.8 Å². The zero-order valence-corrected chi connectivity index (χ0v) is 20.4. The first kappa shape index (κ1) is 24.3. The van der Waals surface area contributed by atoms with Gasteiger partial charge < -0.3 is 0 Å². The van der Waals surface area contributed by atoms with Crippen molar-refractivity contribution in [1.82, 2.24) is 9.80 Å². The summed E-state index contributed by atoms with van der Waals surface area (Å²) in [5.41, 5.74) is 2.70. The molecule has 1 heterocycles. The summed E-state index contributed by atoms with van der Waals surface area (Å²) in [4.78, 5) is 27.2. The minimum atomic E-state index is -1.05. The van der Waals surface area contributed by atoms with E-state index in [1.165, 1.54) is 12.1 Å². The lowest BCUT2D eigenvalue weighted by Gasteiger charge is -2.43. The molecule has 1 saturated carbocycles. The molecule has 2 fully saturated rings. The van der Waals surface area contributed by atoms with Gasteiger partial charge >= 0.3 is 5.91 Å². The summed E-state index contributed by atoms with van der Waals surface area (Å²) >= 11 is 12.4. The molecule has 2 aliphatic rings. The third kappa shape index (κ3) is 5.80. The van der Waals surface area contributed by atoms with Gasteiger partial charge in [0.2, 0.25) is 0 Å². The van der Waals surface area contributed by atoms with Gasteiger partial charge in [0.15, 0.2) is 0 Å². The Morgan fingerprint density at radius 3 is 2.42 bits per heavy atom. The maximum absolute atomic E-state index is 14.6. The largest absolute Gasteiger partial charge is 0.319 e. The predicted octanol–water partition coefficient (Wildman–Crippen LogP) is 6.26. The van der Waals surface area contributed by atoms with E-state index in [9.17, 15) is 14.1 Å². The summed E-state index contributed by atoms with van der Waals surface area (Å²) < 4.78 is 14.6. The fraction of sp³-hybridized carbons (Fsp3) is 0.480. The molecule has 1 aliphatic heterocycles. The number of amides is 1. The van der Waals surface area contributed by atoms with E-state index in [0.717, 1.165) is 55.6 Å². The Morgan fingerprint density at radius 1 is 1.12 bits per heavy atom. The summed E-state index contributed by atoms with van der Waals surface area (Å²) in [7, 11) is 0. The fourth-order valence-electron chi connectivity index (χ4n) is 4.86. The van der Waals surface area contributed by atoms with E-state index in [-0.39, 0.29) is 17.6 Å². The molecule has 2 aromatic carbocycles. The minimum absolute atomic E-state index is 0.169. The summed E-state index contributed by atoms with van der Waals surface area (Å²) in [6.07, 6.45) is 3.09. The molecule has 33 heavy (non-hydrogen) atoms. The second kappa shape index (κ2) is 10.2. The van der Waals surface area contributed by atoms with Crippen LogP contribution in [0.5, 0.6) is 0 Å². The van der Waals surface area contributed by atoms with Gasteiger partial charge in [-0.1, -0.05) is 23.2 Å². The Balaban J connectivity index is 1.48. The molecule has 176 valence electrons. The van der Waals surface area contributed by atoms with E-state index in [4.69, 9.17) is 23.2 Å². The van der Waals surface area contributed by atoms with E-state index < -0.39 is 11.7 Å². The zero-order chi connectivity index (χ0) is 23.7. The molecular weight excluding hydrogens is 464 g/mol. The third-order valence-electron chi connectivity index (χ3n) is 6.83. The standard InChI is InChI=1S/C25H28Cl2FN3O2/c1-15-13-30(5-6-31(15)16(2)18-8-21(26)12-22(27)9-18)14-20-11-24(28)23(25(32)29-33)10-19(20)7-17-3-4-17/h8-12,15-17H,3-7,13-14H2,1-2H3/t15-,16-/m1/s1. The monoisotopic (exact) mass is 491 g/mol. The molecule has 0 radical (unpaired) electrons. The van der Waals surface area contributed by atoms with Crippen molar-refractivity contribution in [3.05, 3.63) is 73.4 Å². The van der Waals surface area contributed by atoms with Crippen LogP contribution in [0.4, 0.5) is 4.39 Å². The molecule has 8 heteroatoms. The highest BCUT2D eigenvalue weighted by atomic mass is 35.5. The Labute approximate surface area is 203 Å². The van der Waals surface area contributed by atoms with Gasteiger partial charge in [-0.3, -0.25) is 14.6 Å². The molecule has 2 atom stereocenters. The molecule has 4 rings (SSSR count). The number of hydrogen-bond donors (Lipinski definition) is 0. The third-order valence-corrected chi connectivity index (χ3v) is 7.27. The van der Waals surface area contributed by atoms with Crippen LogP contribution in [0.25, 0.3) is 0 Å². The van der Waals surface area contributed by atoms with Crippen molar-refractivity contribution in [2.45, 2.75) is 51.7 Å². The van der Waals surface area contributed by atoms with Gasteiger partial charge in [-0.15, -0.1) is 4.91 Å². The second-order valence-corrected chi connectivity index (χ2v) is 10.2. The van der Waals surface area contributed by atoms with Gasteiger partial charge in [-0.05, 0) is 86.1 Å². The lowest BCUT2D eigenvalue weighted by molar-refractivity contribution is 0.0503. The Hall–Kier alpha value is -1.86. The quantitative estimate of drug-likeness (QED) is 0.429. The van der Waals surface area contributed by atoms with Gasteiger partial charge in [0.1, 0.15) is 5.82 Å². The van der Waals surface area contributed by atoms with E-state index in [0.29, 0.717) is 22.5 Å². The maximum atomic E-state index is 14.6. The van der Waals surface area contributed by atoms with Crippen molar-refractivity contribution in [3.8, 4) is 0 Å². The average Bonchev–Trinajstić information content (AvgIpc) is 3.58. The zero-order valence-electron chi connectivity index (χ0n) is 18.9. The molecule has 1 aliphatic carbocycles. The van der Waals surface area contributed by atoms with Gasteiger partial charge in [-0.25, -0.2) is 4.39 Å². The lowest BCUT2D eigenvalue weighted by Crippen LogP contribution is -2.52. The van der Waals surface area contributed by atoms with Crippen LogP contribution >= 0.6 is 23.2 Å². The molecule has 0 aromatic heterocycles. The highest BCUT2D eigenvalue weighted by molar-refractivity contribution is 6.34. The van der Waals surface area contributed by atoms with Crippen LogP contribution in [0.3, 0.4) is 0 Å². The van der Waals surface area contributed by atoms with Crippen molar-refractivity contribution in [3.63, 3.8) is 0 Å². The number of hydrogen-bond acceptors (Lipinski definition) is 4. The smallest absolute Gasteiger partial charge is 0.296 e. The van der Waals surface area contributed by atoms with Crippen molar-refractivity contribution in [1.29, 1.82) is 0 Å². The van der Waals surface area contributed by atoms with Crippen molar-refractivity contribution in [2.75, 3.05) is 19.6 Å². The highest BCUT2D eigenvalue weighted by Gasteiger charge is 2.30. The van der Waals surface area contributed by atoms with Crippen LogP contribution in [-0.2, 0) is 13.0 Å².